The largest absolute Gasteiger partial charge is 0.388 e. The van der Waals surface area contributed by atoms with Gasteiger partial charge in [-0.3, -0.25) is 4.68 Å². The summed E-state index contributed by atoms with van der Waals surface area (Å²) in [6.45, 7) is 7.23. The smallest absolute Gasteiger partial charge is 0.319 e. The highest BCUT2D eigenvalue weighted by Crippen LogP contribution is 2.18. The van der Waals surface area contributed by atoms with Crippen molar-refractivity contribution in [1.29, 1.82) is 0 Å². The molecule has 2 amide bonds. The lowest BCUT2D eigenvalue weighted by atomic mass is 9.93. The highest BCUT2D eigenvalue weighted by Gasteiger charge is 2.25. The van der Waals surface area contributed by atoms with Crippen LogP contribution in [0.3, 0.4) is 0 Å². The number of nitrogens with one attached hydrogen (secondary N) is 2. The van der Waals surface area contributed by atoms with Gasteiger partial charge in [0.25, 0.3) is 0 Å². The molecule has 1 aromatic heterocycles. The maximum absolute atomic E-state index is 11.9. The van der Waals surface area contributed by atoms with E-state index in [9.17, 15) is 9.90 Å². The first-order valence-electron chi connectivity index (χ1n) is 7.82. The molecule has 3 N–H and O–H groups in total. The molecule has 0 unspecified atom stereocenters. The monoisotopic (exact) mass is 296 g/mol. The first-order chi connectivity index (χ1) is 10.0. The van der Waals surface area contributed by atoms with Crippen molar-refractivity contribution in [3.63, 3.8) is 0 Å². The summed E-state index contributed by atoms with van der Waals surface area (Å²) >= 11 is 0. The number of urea groups is 1. The van der Waals surface area contributed by atoms with Crippen molar-refractivity contribution >= 4 is 11.7 Å². The number of nitrogens with zero attached hydrogens (tertiary/aromatic N) is 2. The van der Waals surface area contributed by atoms with Crippen molar-refractivity contribution in [3.05, 3.63) is 12.4 Å². The fraction of sp³-hybridized carbons (Fsp3) is 0.733. The van der Waals surface area contributed by atoms with Crippen LogP contribution in [-0.2, 0) is 6.54 Å². The molecule has 0 spiro atoms. The number of anilines is 1. The van der Waals surface area contributed by atoms with Crippen LogP contribution in [0.25, 0.3) is 0 Å². The molecule has 0 aliphatic heterocycles. The first-order valence-corrected chi connectivity index (χ1v) is 7.82. The van der Waals surface area contributed by atoms with Gasteiger partial charge >= 0.3 is 6.03 Å². The third-order valence-electron chi connectivity index (χ3n) is 3.35. The quantitative estimate of drug-likeness (QED) is 0.655. The summed E-state index contributed by atoms with van der Waals surface area (Å²) in [5.41, 5.74) is -0.150. The minimum absolute atomic E-state index is 0.267. The Labute approximate surface area is 126 Å². The third kappa shape index (κ3) is 6.16. The molecule has 0 aromatic carbocycles. The maximum Gasteiger partial charge on any atom is 0.319 e. The minimum Gasteiger partial charge on any atom is -0.388 e. The van der Waals surface area contributed by atoms with E-state index in [4.69, 9.17) is 0 Å². The second kappa shape index (κ2) is 8.67. The summed E-state index contributed by atoms with van der Waals surface area (Å²) in [4.78, 5) is 11.9. The van der Waals surface area contributed by atoms with Crippen molar-refractivity contribution in [1.82, 2.24) is 15.1 Å². The normalized spacial score (nSPS) is 11.4. The van der Waals surface area contributed by atoms with Gasteiger partial charge in [-0.25, -0.2) is 4.79 Å². The topological polar surface area (TPSA) is 79.2 Å². The Morgan fingerprint density at radius 3 is 2.52 bits per heavy atom. The summed E-state index contributed by atoms with van der Waals surface area (Å²) in [5.74, 6) is 0. The third-order valence-corrected chi connectivity index (χ3v) is 3.35. The predicted molar refractivity (Wildman–Crippen MR) is 84.3 cm³/mol. The van der Waals surface area contributed by atoms with Crippen LogP contribution in [0.5, 0.6) is 0 Å². The Balaban J connectivity index is 2.44. The highest BCUT2D eigenvalue weighted by molar-refractivity contribution is 5.88. The molecular weight excluding hydrogens is 268 g/mol. The lowest BCUT2D eigenvalue weighted by molar-refractivity contribution is 0.0245. The van der Waals surface area contributed by atoms with Gasteiger partial charge < -0.3 is 15.7 Å². The highest BCUT2D eigenvalue weighted by atomic mass is 16.3. The molecule has 0 bridgehead atoms. The van der Waals surface area contributed by atoms with Gasteiger partial charge in [0, 0.05) is 19.3 Å². The van der Waals surface area contributed by atoms with E-state index in [1.165, 1.54) is 0 Å². The Hall–Kier alpha value is -1.56. The van der Waals surface area contributed by atoms with Crippen LogP contribution >= 0.6 is 0 Å². The fourth-order valence-corrected chi connectivity index (χ4v) is 2.43. The number of aryl methyl sites for hydroxylation is 1. The molecule has 1 rings (SSSR count). The van der Waals surface area contributed by atoms with E-state index >= 15 is 0 Å². The predicted octanol–water partition coefficient (Wildman–Crippen LogP) is 2.75. The SMILES string of the molecule is CCCn1cc(NC(=O)NCC(O)(CCC)CCC)cn1. The Morgan fingerprint density at radius 1 is 1.29 bits per heavy atom. The summed E-state index contributed by atoms with van der Waals surface area (Å²) < 4.78 is 1.79. The van der Waals surface area contributed by atoms with Gasteiger partial charge in [-0.15, -0.1) is 0 Å². The number of carbonyl (C=O) groups is 1. The molecule has 1 heterocycles. The average molecular weight is 296 g/mol. The van der Waals surface area contributed by atoms with E-state index < -0.39 is 5.60 Å². The van der Waals surface area contributed by atoms with Crippen molar-refractivity contribution in [2.75, 3.05) is 11.9 Å². The van der Waals surface area contributed by atoms with Crippen LogP contribution in [0.15, 0.2) is 12.4 Å². The second-order valence-corrected chi connectivity index (χ2v) is 5.52. The van der Waals surface area contributed by atoms with Gasteiger partial charge in [0.05, 0.1) is 17.5 Å². The summed E-state index contributed by atoms with van der Waals surface area (Å²) in [5, 5.41) is 20.1. The van der Waals surface area contributed by atoms with Crippen LogP contribution < -0.4 is 10.6 Å². The Bertz CT molecular complexity index is 425. The van der Waals surface area contributed by atoms with E-state index in [1.54, 1.807) is 17.1 Å². The standard InChI is InChI=1S/C15H28N4O2/c1-4-7-15(21,8-5-2)12-16-14(20)18-13-10-17-19(11-13)9-6-3/h10-11,21H,4-9,12H2,1-3H3,(H2,16,18,20). The Morgan fingerprint density at radius 2 is 1.95 bits per heavy atom. The van der Waals surface area contributed by atoms with E-state index in [0.717, 1.165) is 25.8 Å². The molecule has 0 aliphatic carbocycles. The lowest BCUT2D eigenvalue weighted by Crippen LogP contribution is -2.44. The molecule has 120 valence electrons. The van der Waals surface area contributed by atoms with E-state index in [0.29, 0.717) is 18.5 Å². The van der Waals surface area contributed by atoms with Gasteiger partial charge in [0.1, 0.15) is 0 Å². The van der Waals surface area contributed by atoms with Gasteiger partial charge in [-0.05, 0) is 19.3 Å². The minimum atomic E-state index is -0.812. The van der Waals surface area contributed by atoms with Gasteiger partial charge in [-0.2, -0.15) is 5.10 Å². The molecular formula is C15H28N4O2. The van der Waals surface area contributed by atoms with Crippen LogP contribution in [0.4, 0.5) is 10.5 Å². The van der Waals surface area contributed by atoms with Crippen LogP contribution in [0.1, 0.15) is 52.9 Å². The second-order valence-electron chi connectivity index (χ2n) is 5.52. The van der Waals surface area contributed by atoms with Crippen molar-refractivity contribution < 1.29 is 9.90 Å². The van der Waals surface area contributed by atoms with Crippen molar-refractivity contribution in [3.8, 4) is 0 Å². The molecule has 0 aliphatic rings. The number of hydrogen-bond donors (Lipinski definition) is 3. The Kier molecular flexibility index (Phi) is 7.22. The van der Waals surface area contributed by atoms with E-state index in [1.807, 2.05) is 13.8 Å². The van der Waals surface area contributed by atoms with Crippen molar-refractivity contribution in [2.45, 2.75) is 65.0 Å². The molecule has 6 nitrogen and oxygen atoms in total. The first kappa shape index (κ1) is 17.5. The van der Waals surface area contributed by atoms with Crippen molar-refractivity contribution in [2.24, 2.45) is 0 Å². The van der Waals surface area contributed by atoms with Gasteiger partial charge in [0.15, 0.2) is 0 Å². The van der Waals surface area contributed by atoms with E-state index in [2.05, 4.69) is 22.7 Å². The number of hydrogen-bond acceptors (Lipinski definition) is 3. The number of aliphatic hydroxyl groups is 1. The number of amides is 2. The average Bonchev–Trinajstić information content (AvgIpc) is 2.85. The molecule has 0 radical (unpaired) electrons. The number of aromatic nitrogens is 2. The molecule has 0 atom stereocenters. The molecule has 1 aromatic rings. The van der Waals surface area contributed by atoms with Gasteiger partial charge in [-0.1, -0.05) is 33.6 Å². The zero-order chi connectivity index (χ0) is 15.7. The van der Waals surface area contributed by atoms with Crippen LogP contribution in [-0.4, -0.2) is 33.1 Å². The zero-order valence-corrected chi connectivity index (χ0v) is 13.4. The van der Waals surface area contributed by atoms with Crippen LogP contribution in [0.2, 0.25) is 0 Å². The summed E-state index contributed by atoms with van der Waals surface area (Å²) in [7, 11) is 0. The molecule has 21 heavy (non-hydrogen) atoms. The fourth-order valence-electron chi connectivity index (χ4n) is 2.43. The zero-order valence-electron chi connectivity index (χ0n) is 13.4. The lowest BCUT2D eigenvalue weighted by Gasteiger charge is -2.27. The summed E-state index contributed by atoms with van der Waals surface area (Å²) in [6.07, 6.45) is 7.58. The van der Waals surface area contributed by atoms with E-state index in [-0.39, 0.29) is 12.6 Å². The molecule has 6 heteroatoms. The number of rotatable bonds is 9. The molecule has 0 fully saturated rings. The molecule has 0 saturated heterocycles. The molecule has 0 saturated carbocycles. The maximum atomic E-state index is 11.9. The van der Waals surface area contributed by atoms with Gasteiger partial charge in [0.2, 0.25) is 0 Å². The van der Waals surface area contributed by atoms with Crippen LogP contribution in [0, 0.1) is 0 Å². The number of carbonyl (C=O) groups excluding carboxylic acids is 1. The summed E-state index contributed by atoms with van der Waals surface area (Å²) in [6, 6.07) is -0.309.